The molecule has 2 heterocycles. The molecule has 1 N–H and O–H groups in total. The summed E-state index contributed by atoms with van der Waals surface area (Å²) in [5, 5.41) is 39.8. The zero-order chi connectivity index (χ0) is 21.9. The van der Waals surface area contributed by atoms with E-state index in [1.807, 2.05) is 31.2 Å². The van der Waals surface area contributed by atoms with Crippen molar-refractivity contribution in [2.45, 2.75) is 58.8 Å². The Balaban J connectivity index is 1.95. The smallest absolute Gasteiger partial charge is 0.217 e. The van der Waals surface area contributed by atoms with E-state index < -0.39 is 28.6 Å². The largest absolute Gasteiger partial charge is 0.447 e. The van der Waals surface area contributed by atoms with Crippen molar-refractivity contribution in [1.82, 2.24) is 0 Å². The molecule has 6 heteroatoms. The summed E-state index contributed by atoms with van der Waals surface area (Å²) in [6.45, 7) is 8.40. The maximum absolute atomic E-state index is 10.5. The number of hydrogen-bond donors (Lipinski definition) is 1. The number of nitriles is 3. The Bertz CT molecular complexity index is 1020. The second-order valence-corrected chi connectivity index (χ2v) is 10.00. The molecule has 154 valence electrons. The van der Waals surface area contributed by atoms with E-state index in [0.717, 1.165) is 12.0 Å². The van der Waals surface area contributed by atoms with Crippen molar-refractivity contribution < 1.29 is 9.47 Å². The fraction of sp³-hybridized carbons (Fsp3) is 0.583. The average Bonchev–Trinajstić information content (AvgIpc) is 2.91. The van der Waals surface area contributed by atoms with Gasteiger partial charge in [-0.1, -0.05) is 50.6 Å². The van der Waals surface area contributed by atoms with Crippen LogP contribution in [0.4, 0.5) is 0 Å². The van der Waals surface area contributed by atoms with Crippen LogP contribution in [0.1, 0.15) is 57.3 Å². The Kier molecular flexibility index (Phi) is 4.29. The number of hydrogen-bond acceptors (Lipinski definition) is 6. The predicted molar refractivity (Wildman–Crippen MR) is 109 cm³/mol. The van der Waals surface area contributed by atoms with Gasteiger partial charge in [0.25, 0.3) is 0 Å². The van der Waals surface area contributed by atoms with E-state index in [1.165, 1.54) is 0 Å². The number of aryl methyl sites for hydroxylation is 1. The topological polar surface area (TPSA) is 114 Å². The lowest BCUT2D eigenvalue weighted by atomic mass is 9.49. The first-order valence-corrected chi connectivity index (χ1v) is 10.4. The molecular weight excluding hydrogens is 376 g/mol. The molecule has 2 bridgehead atoms. The number of ether oxygens (including phenoxy) is 2. The molecule has 5 unspecified atom stereocenters. The Morgan fingerprint density at radius 1 is 1.13 bits per heavy atom. The number of rotatable bonds is 1. The summed E-state index contributed by atoms with van der Waals surface area (Å²) in [5.74, 6) is -1.73. The molecule has 2 saturated heterocycles. The van der Waals surface area contributed by atoms with Crippen LogP contribution in [-0.2, 0) is 9.47 Å². The molecular formula is C24H26N4O2. The summed E-state index contributed by atoms with van der Waals surface area (Å²) in [5.41, 5.74) is -1.93. The van der Waals surface area contributed by atoms with E-state index in [4.69, 9.17) is 14.9 Å². The van der Waals surface area contributed by atoms with Crippen molar-refractivity contribution in [1.29, 1.82) is 21.2 Å². The first-order valence-electron chi connectivity index (χ1n) is 10.4. The third kappa shape index (κ3) is 2.33. The number of nitrogens with zero attached hydrogens (tertiary/aromatic N) is 3. The number of benzene rings is 1. The van der Waals surface area contributed by atoms with Gasteiger partial charge in [-0.25, -0.2) is 0 Å². The van der Waals surface area contributed by atoms with E-state index in [0.29, 0.717) is 18.4 Å². The molecule has 6 nitrogen and oxygen atoms in total. The van der Waals surface area contributed by atoms with Gasteiger partial charge >= 0.3 is 0 Å². The Morgan fingerprint density at radius 2 is 1.83 bits per heavy atom. The molecule has 3 fully saturated rings. The molecule has 0 aromatic heterocycles. The maximum atomic E-state index is 10.5. The summed E-state index contributed by atoms with van der Waals surface area (Å²) in [4.78, 5) is 0. The van der Waals surface area contributed by atoms with Crippen molar-refractivity contribution in [3.63, 3.8) is 0 Å². The fourth-order valence-electron chi connectivity index (χ4n) is 5.76. The Hall–Kier alpha value is -2.88. The second-order valence-electron chi connectivity index (χ2n) is 10.00. The van der Waals surface area contributed by atoms with E-state index >= 15 is 0 Å². The van der Waals surface area contributed by atoms with E-state index in [2.05, 4.69) is 39.0 Å². The lowest BCUT2D eigenvalue weighted by Crippen LogP contribution is -2.61. The highest BCUT2D eigenvalue weighted by Crippen LogP contribution is 2.70. The van der Waals surface area contributed by atoms with Crippen LogP contribution in [0.5, 0.6) is 0 Å². The van der Waals surface area contributed by atoms with Crippen LogP contribution < -0.4 is 0 Å². The van der Waals surface area contributed by atoms with Crippen LogP contribution >= 0.6 is 0 Å². The monoisotopic (exact) mass is 402 g/mol. The summed E-state index contributed by atoms with van der Waals surface area (Å²) >= 11 is 0. The zero-order valence-electron chi connectivity index (χ0n) is 17.8. The molecule has 0 spiro atoms. The van der Waals surface area contributed by atoms with Crippen LogP contribution in [0.2, 0.25) is 0 Å². The molecule has 30 heavy (non-hydrogen) atoms. The van der Waals surface area contributed by atoms with E-state index in [1.54, 1.807) is 0 Å². The molecule has 1 saturated carbocycles. The Morgan fingerprint density at radius 3 is 2.40 bits per heavy atom. The van der Waals surface area contributed by atoms with Gasteiger partial charge in [0.1, 0.15) is 6.10 Å². The molecule has 0 amide bonds. The summed E-state index contributed by atoms with van der Waals surface area (Å²) in [6.07, 6.45) is 0.963. The maximum Gasteiger partial charge on any atom is 0.217 e. The zero-order valence-corrected chi connectivity index (χ0v) is 17.8. The molecule has 1 aliphatic carbocycles. The predicted octanol–water partition coefficient (Wildman–Crippen LogP) is 4.78. The van der Waals surface area contributed by atoms with Gasteiger partial charge in [0.2, 0.25) is 17.1 Å². The first-order chi connectivity index (χ1) is 14.1. The van der Waals surface area contributed by atoms with Crippen LogP contribution in [-0.4, -0.2) is 11.7 Å². The third-order valence-corrected chi connectivity index (χ3v) is 7.48. The van der Waals surface area contributed by atoms with Gasteiger partial charge in [0, 0.05) is 6.42 Å². The molecule has 2 aliphatic heterocycles. The van der Waals surface area contributed by atoms with Gasteiger partial charge < -0.3 is 9.47 Å². The fourth-order valence-corrected chi connectivity index (χ4v) is 5.76. The van der Waals surface area contributed by atoms with Crippen molar-refractivity contribution in [3.8, 4) is 18.2 Å². The van der Waals surface area contributed by atoms with Crippen molar-refractivity contribution in [2.75, 3.05) is 0 Å². The molecule has 1 aromatic carbocycles. The quantitative estimate of drug-likeness (QED) is 0.726. The summed E-state index contributed by atoms with van der Waals surface area (Å²) < 4.78 is 12.5. The Labute approximate surface area is 177 Å². The minimum Gasteiger partial charge on any atom is -0.447 e. The summed E-state index contributed by atoms with van der Waals surface area (Å²) in [7, 11) is 0. The normalized spacial score (nSPS) is 36.6. The van der Waals surface area contributed by atoms with Crippen LogP contribution in [0.15, 0.2) is 24.3 Å². The first kappa shape index (κ1) is 20.4. The minimum absolute atomic E-state index is 0.00474. The molecule has 0 radical (unpaired) electrons. The van der Waals surface area contributed by atoms with Gasteiger partial charge in [0.05, 0.1) is 24.1 Å². The SMILES string of the molecule is Cc1cccc(C2OC34CCC(C(C)(C)C)CC3C(C#N)(C(=N)O4)C2(C#N)C#N)c1. The van der Waals surface area contributed by atoms with Crippen LogP contribution in [0, 0.1) is 74.4 Å². The van der Waals surface area contributed by atoms with Crippen molar-refractivity contribution in [2.24, 2.45) is 28.1 Å². The van der Waals surface area contributed by atoms with Gasteiger partial charge in [-0.05, 0) is 36.7 Å². The highest BCUT2D eigenvalue weighted by Gasteiger charge is 2.81. The minimum atomic E-state index is -1.88. The molecule has 5 atom stereocenters. The van der Waals surface area contributed by atoms with Gasteiger partial charge in [-0.2, -0.15) is 15.8 Å². The van der Waals surface area contributed by atoms with Gasteiger partial charge in [0.15, 0.2) is 5.41 Å². The summed E-state index contributed by atoms with van der Waals surface area (Å²) in [6, 6.07) is 14.0. The average molecular weight is 402 g/mol. The molecule has 4 rings (SSSR count). The lowest BCUT2D eigenvalue weighted by molar-refractivity contribution is -0.301. The second kappa shape index (κ2) is 6.31. The lowest BCUT2D eigenvalue weighted by Gasteiger charge is -2.54. The van der Waals surface area contributed by atoms with Crippen LogP contribution in [0.3, 0.4) is 0 Å². The van der Waals surface area contributed by atoms with Gasteiger partial charge in [-0.15, -0.1) is 0 Å². The van der Waals surface area contributed by atoms with E-state index in [9.17, 15) is 15.8 Å². The van der Waals surface area contributed by atoms with Crippen molar-refractivity contribution >= 4 is 5.90 Å². The standard InChI is InChI=1S/C24H26N4O2/c1-15-6-5-7-16(10-15)19-22(12-25,13-26)23(14-27)18-11-17(21(2,3)4)8-9-24(18,29-19)30-20(23)28/h5-7,10,17-19,28H,8-9,11H2,1-4H3. The van der Waals surface area contributed by atoms with E-state index in [-0.39, 0.29) is 17.2 Å². The third-order valence-electron chi connectivity index (χ3n) is 7.48. The van der Waals surface area contributed by atoms with Gasteiger partial charge in [-0.3, -0.25) is 5.41 Å². The van der Waals surface area contributed by atoms with Crippen LogP contribution in [0.25, 0.3) is 0 Å². The highest BCUT2D eigenvalue weighted by molar-refractivity contribution is 5.89. The molecule has 1 aromatic rings. The highest BCUT2D eigenvalue weighted by atomic mass is 16.7. The number of nitrogens with one attached hydrogen (secondary N) is 1. The molecule has 3 aliphatic rings. The van der Waals surface area contributed by atoms with Crippen molar-refractivity contribution in [3.05, 3.63) is 35.4 Å².